The molecule has 4 rings (SSSR count). The van der Waals surface area contributed by atoms with Crippen LogP contribution in [0.4, 0.5) is 14.5 Å². The molecule has 1 unspecified atom stereocenters. The lowest BCUT2D eigenvalue weighted by Crippen LogP contribution is -2.34. The number of anilines is 1. The molecule has 0 bridgehead atoms. The van der Waals surface area contributed by atoms with Crippen LogP contribution >= 0.6 is 0 Å². The van der Waals surface area contributed by atoms with E-state index in [1.54, 1.807) is 42.2 Å². The normalized spacial score (nSPS) is 17.2. The molecular formula is C19H17F2N5O3S. The number of fused-ring (bicyclic) bond motifs is 1. The number of nitrogens with zero attached hydrogens (tertiary/aromatic N) is 4. The number of nitrogens with one attached hydrogen (secondary N) is 1. The number of alkyl halides is 1. The minimum Gasteiger partial charge on any atom is -0.453 e. The predicted octanol–water partition coefficient (Wildman–Crippen LogP) is 3.08. The number of aryl methyl sites for hydroxylation is 1. The van der Waals surface area contributed by atoms with Crippen molar-refractivity contribution in [1.29, 1.82) is 5.26 Å². The summed E-state index contributed by atoms with van der Waals surface area (Å²) < 4.78 is 63.5. The molecule has 11 heteroatoms. The van der Waals surface area contributed by atoms with E-state index in [-0.39, 0.29) is 36.5 Å². The maximum Gasteiger partial charge on any atom is 0.301 e. The Bertz CT molecular complexity index is 1270. The fraction of sp³-hybridized carbons (Fsp3) is 0.263. The van der Waals surface area contributed by atoms with Gasteiger partial charge in [0.15, 0.2) is 11.6 Å². The average Bonchev–Trinajstić information content (AvgIpc) is 3.31. The summed E-state index contributed by atoms with van der Waals surface area (Å²) in [6, 6.07) is 8.80. The lowest BCUT2D eigenvalue weighted by Gasteiger charge is -2.18. The summed E-state index contributed by atoms with van der Waals surface area (Å²) in [5.41, 5.74) is 0.972. The summed E-state index contributed by atoms with van der Waals surface area (Å²) in [7, 11) is -2.32. The number of imidazole rings is 1. The van der Waals surface area contributed by atoms with Gasteiger partial charge >= 0.3 is 10.2 Å². The maximum absolute atomic E-state index is 14.5. The molecular weight excluding hydrogens is 416 g/mol. The lowest BCUT2D eigenvalue weighted by molar-refractivity contribution is 0.343. The van der Waals surface area contributed by atoms with Gasteiger partial charge in [0.05, 0.1) is 23.0 Å². The van der Waals surface area contributed by atoms with E-state index >= 15 is 0 Å². The van der Waals surface area contributed by atoms with Crippen LogP contribution in [0.3, 0.4) is 0 Å². The highest BCUT2D eigenvalue weighted by atomic mass is 32.2. The van der Waals surface area contributed by atoms with Crippen LogP contribution in [-0.4, -0.2) is 41.5 Å². The second-order valence-corrected chi connectivity index (χ2v) is 8.54. The second kappa shape index (κ2) is 7.55. The highest BCUT2D eigenvalue weighted by molar-refractivity contribution is 7.90. The van der Waals surface area contributed by atoms with Gasteiger partial charge in [0.1, 0.15) is 23.6 Å². The van der Waals surface area contributed by atoms with Crippen molar-refractivity contribution in [2.75, 3.05) is 17.8 Å². The zero-order chi connectivity index (χ0) is 21.5. The van der Waals surface area contributed by atoms with Crippen molar-refractivity contribution in [1.82, 2.24) is 13.9 Å². The van der Waals surface area contributed by atoms with Crippen LogP contribution in [0.2, 0.25) is 0 Å². The fourth-order valence-electron chi connectivity index (χ4n) is 3.25. The van der Waals surface area contributed by atoms with Gasteiger partial charge in [-0.2, -0.15) is 18.0 Å². The quantitative estimate of drug-likeness (QED) is 0.667. The van der Waals surface area contributed by atoms with Crippen LogP contribution in [0.25, 0.3) is 11.0 Å². The van der Waals surface area contributed by atoms with Crippen molar-refractivity contribution in [3.63, 3.8) is 0 Å². The van der Waals surface area contributed by atoms with Crippen molar-refractivity contribution in [2.24, 2.45) is 7.05 Å². The number of nitriles is 1. The minimum absolute atomic E-state index is 0.0215. The van der Waals surface area contributed by atoms with E-state index in [0.717, 1.165) is 22.0 Å². The molecule has 1 atom stereocenters. The Hall–Kier alpha value is -3.23. The third kappa shape index (κ3) is 3.67. The molecule has 2 aromatic carbocycles. The molecule has 30 heavy (non-hydrogen) atoms. The fourth-order valence-corrected chi connectivity index (χ4v) is 4.53. The topological polar surface area (TPSA) is 100 Å². The van der Waals surface area contributed by atoms with Crippen LogP contribution in [0.1, 0.15) is 12.0 Å². The highest BCUT2D eigenvalue weighted by Gasteiger charge is 2.32. The van der Waals surface area contributed by atoms with E-state index in [0.29, 0.717) is 5.52 Å². The molecule has 8 nitrogen and oxygen atoms in total. The first-order valence-electron chi connectivity index (χ1n) is 9.02. The van der Waals surface area contributed by atoms with E-state index in [4.69, 9.17) is 4.74 Å². The molecule has 0 saturated carbocycles. The van der Waals surface area contributed by atoms with Crippen molar-refractivity contribution < 1.29 is 21.9 Å². The first-order valence-corrected chi connectivity index (χ1v) is 10.5. The Morgan fingerprint density at radius 3 is 2.83 bits per heavy atom. The monoisotopic (exact) mass is 433 g/mol. The molecule has 1 aromatic heterocycles. The molecule has 3 aromatic rings. The van der Waals surface area contributed by atoms with Crippen LogP contribution < -0.4 is 9.46 Å². The second-order valence-electron chi connectivity index (χ2n) is 6.87. The summed E-state index contributed by atoms with van der Waals surface area (Å²) in [5.74, 6) is -0.991. The van der Waals surface area contributed by atoms with Gasteiger partial charge in [-0.25, -0.2) is 13.8 Å². The van der Waals surface area contributed by atoms with Gasteiger partial charge in [0.25, 0.3) is 0 Å². The van der Waals surface area contributed by atoms with Gasteiger partial charge in [-0.1, -0.05) is 0 Å². The molecule has 2 heterocycles. The minimum atomic E-state index is -4.11. The van der Waals surface area contributed by atoms with Crippen LogP contribution in [0, 0.1) is 17.1 Å². The highest BCUT2D eigenvalue weighted by Crippen LogP contribution is 2.34. The molecule has 0 amide bonds. The molecule has 1 aliphatic rings. The van der Waals surface area contributed by atoms with E-state index in [2.05, 4.69) is 9.71 Å². The van der Waals surface area contributed by atoms with Crippen LogP contribution in [-0.2, 0) is 17.3 Å². The Labute approximate surface area is 171 Å². The smallest absolute Gasteiger partial charge is 0.301 e. The SMILES string of the molecule is Cn1cnc2ccc(Oc3c(F)ccc(NS(=O)(=O)N4CCC(F)C4)c3C#N)cc21. The largest absolute Gasteiger partial charge is 0.453 e. The lowest BCUT2D eigenvalue weighted by atomic mass is 10.1. The van der Waals surface area contributed by atoms with E-state index < -0.39 is 27.9 Å². The molecule has 156 valence electrons. The van der Waals surface area contributed by atoms with Crippen molar-refractivity contribution >= 4 is 26.9 Å². The van der Waals surface area contributed by atoms with Crippen molar-refractivity contribution in [3.05, 3.63) is 48.0 Å². The summed E-state index contributed by atoms with van der Waals surface area (Å²) >= 11 is 0. The van der Waals surface area contributed by atoms with Gasteiger partial charge in [0, 0.05) is 26.2 Å². The Kier molecular flexibility index (Phi) is 5.05. The maximum atomic E-state index is 14.5. The number of hydrogen-bond acceptors (Lipinski definition) is 5. The Balaban J connectivity index is 1.68. The third-order valence-electron chi connectivity index (χ3n) is 4.81. The molecule has 0 aliphatic carbocycles. The molecule has 1 saturated heterocycles. The summed E-state index contributed by atoms with van der Waals surface area (Å²) in [6.45, 7) is -0.250. The summed E-state index contributed by atoms with van der Waals surface area (Å²) in [4.78, 5) is 4.19. The summed E-state index contributed by atoms with van der Waals surface area (Å²) in [6.07, 6.45) is 0.470. The Morgan fingerprint density at radius 2 is 2.13 bits per heavy atom. The van der Waals surface area contributed by atoms with Gasteiger partial charge in [-0.05, 0) is 30.7 Å². The van der Waals surface area contributed by atoms with Crippen LogP contribution in [0.5, 0.6) is 11.5 Å². The van der Waals surface area contributed by atoms with Gasteiger partial charge in [0.2, 0.25) is 0 Å². The molecule has 0 spiro atoms. The number of hydrogen-bond donors (Lipinski definition) is 1. The van der Waals surface area contributed by atoms with Gasteiger partial charge < -0.3 is 9.30 Å². The molecule has 0 radical (unpaired) electrons. The first-order chi connectivity index (χ1) is 14.3. The zero-order valence-electron chi connectivity index (χ0n) is 15.8. The van der Waals surface area contributed by atoms with Crippen LogP contribution in [0.15, 0.2) is 36.7 Å². The molecule has 1 fully saturated rings. The average molecular weight is 433 g/mol. The summed E-state index contributed by atoms with van der Waals surface area (Å²) in [5, 5.41) is 9.57. The van der Waals surface area contributed by atoms with Crippen molar-refractivity contribution in [2.45, 2.75) is 12.6 Å². The van der Waals surface area contributed by atoms with E-state index in [9.17, 15) is 22.5 Å². The number of ether oxygens (including phenoxy) is 1. The molecule has 1 aliphatic heterocycles. The van der Waals surface area contributed by atoms with E-state index in [1.807, 2.05) is 0 Å². The third-order valence-corrected chi connectivity index (χ3v) is 6.30. The van der Waals surface area contributed by atoms with E-state index in [1.165, 1.54) is 0 Å². The number of rotatable bonds is 5. The predicted molar refractivity (Wildman–Crippen MR) is 106 cm³/mol. The van der Waals surface area contributed by atoms with Crippen molar-refractivity contribution in [3.8, 4) is 17.6 Å². The number of halogens is 2. The molecule has 1 N–H and O–H groups in total. The number of benzene rings is 2. The first kappa shape index (κ1) is 20.1. The zero-order valence-corrected chi connectivity index (χ0v) is 16.7. The Morgan fingerprint density at radius 1 is 1.33 bits per heavy atom. The number of aromatic nitrogens is 2. The van der Waals surface area contributed by atoms with Gasteiger partial charge in [-0.15, -0.1) is 0 Å². The van der Waals surface area contributed by atoms with Gasteiger partial charge in [-0.3, -0.25) is 4.72 Å². The standard InChI is InChI=1S/C19H17F2N5O3S/c1-25-11-23-17-4-2-13(8-18(17)25)29-19-14(9-22)16(5-3-15(19)21)24-30(27,28)26-7-6-12(20)10-26/h2-5,8,11-12,24H,6-7,10H2,1H3.